The zero-order valence-electron chi connectivity index (χ0n) is 17.5. The molecule has 1 saturated heterocycles. The summed E-state index contributed by atoms with van der Waals surface area (Å²) >= 11 is 0. The van der Waals surface area contributed by atoms with Gasteiger partial charge in [0.25, 0.3) is 5.91 Å². The molecule has 164 valence electrons. The van der Waals surface area contributed by atoms with Crippen molar-refractivity contribution in [3.8, 4) is 0 Å². The summed E-state index contributed by atoms with van der Waals surface area (Å²) in [6, 6.07) is 13.9. The number of ketones is 1. The van der Waals surface area contributed by atoms with Crippen molar-refractivity contribution in [2.45, 2.75) is 6.92 Å². The minimum atomic E-state index is -0.457. The largest absolute Gasteiger partial charge is 0.366 e. The van der Waals surface area contributed by atoms with Crippen LogP contribution in [0.4, 0.5) is 26.0 Å². The van der Waals surface area contributed by atoms with Crippen LogP contribution in [0, 0.1) is 11.6 Å². The molecule has 0 spiro atoms. The van der Waals surface area contributed by atoms with Crippen LogP contribution < -0.4 is 10.2 Å². The third kappa shape index (κ3) is 4.44. The molecular weight excluding hydrogens is 414 g/mol. The number of para-hydroxylation sites is 1. The highest BCUT2D eigenvalue weighted by Gasteiger charge is 2.26. The first-order valence-electron chi connectivity index (χ1n) is 10.3. The summed E-state index contributed by atoms with van der Waals surface area (Å²) in [6.45, 7) is 3.06. The number of anilines is 3. The van der Waals surface area contributed by atoms with Crippen molar-refractivity contribution in [3.63, 3.8) is 0 Å². The van der Waals surface area contributed by atoms with Gasteiger partial charge in [-0.05, 0) is 49.4 Å². The van der Waals surface area contributed by atoms with E-state index >= 15 is 0 Å². The standard InChI is InChI=1S/C24H22F2N4O2/c1-16(31)17-8-9-22(20(26)15-17)29-11-13-30(14-12-29)24(32)18-5-4-10-27-23(18)28-21-7-3-2-6-19(21)25/h2-10,15H,11-14H2,1H3,(H,27,28). The molecule has 2 aromatic carbocycles. The van der Waals surface area contributed by atoms with Crippen LogP contribution in [-0.4, -0.2) is 47.8 Å². The maximum atomic E-state index is 14.5. The van der Waals surface area contributed by atoms with Gasteiger partial charge in [-0.3, -0.25) is 9.59 Å². The van der Waals surface area contributed by atoms with Gasteiger partial charge in [0.2, 0.25) is 0 Å². The molecule has 1 N–H and O–H groups in total. The number of Topliss-reactive ketones (excluding diaryl/α,β-unsaturated/α-hetero) is 1. The fraction of sp³-hybridized carbons (Fsp3) is 0.208. The van der Waals surface area contributed by atoms with Gasteiger partial charge in [-0.1, -0.05) is 12.1 Å². The van der Waals surface area contributed by atoms with Gasteiger partial charge in [0.1, 0.15) is 17.5 Å². The van der Waals surface area contributed by atoms with Crippen LogP contribution in [0.2, 0.25) is 0 Å². The second kappa shape index (κ2) is 9.13. The average molecular weight is 436 g/mol. The highest BCUT2D eigenvalue weighted by molar-refractivity contribution is 5.99. The lowest BCUT2D eigenvalue weighted by Crippen LogP contribution is -2.49. The van der Waals surface area contributed by atoms with Crippen molar-refractivity contribution in [3.05, 3.63) is 83.6 Å². The first-order chi connectivity index (χ1) is 15.4. The van der Waals surface area contributed by atoms with Crippen molar-refractivity contribution < 1.29 is 18.4 Å². The third-order valence-electron chi connectivity index (χ3n) is 5.43. The van der Waals surface area contributed by atoms with Crippen molar-refractivity contribution >= 4 is 28.9 Å². The Hall–Kier alpha value is -3.81. The highest BCUT2D eigenvalue weighted by Crippen LogP contribution is 2.25. The van der Waals surface area contributed by atoms with Crippen LogP contribution in [0.3, 0.4) is 0 Å². The maximum Gasteiger partial charge on any atom is 0.257 e. The Morgan fingerprint density at radius 1 is 0.938 bits per heavy atom. The lowest BCUT2D eigenvalue weighted by Gasteiger charge is -2.36. The average Bonchev–Trinajstić information content (AvgIpc) is 2.80. The molecule has 0 atom stereocenters. The van der Waals surface area contributed by atoms with Crippen LogP contribution >= 0.6 is 0 Å². The number of hydrogen-bond donors (Lipinski definition) is 1. The Morgan fingerprint density at radius 3 is 2.38 bits per heavy atom. The number of nitrogens with zero attached hydrogens (tertiary/aromatic N) is 3. The topological polar surface area (TPSA) is 65.5 Å². The number of amides is 1. The molecular formula is C24H22F2N4O2. The zero-order valence-corrected chi connectivity index (χ0v) is 17.5. The quantitative estimate of drug-likeness (QED) is 0.605. The fourth-order valence-corrected chi connectivity index (χ4v) is 3.67. The molecule has 6 nitrogen and oxygen atoms in total. The van der Waals surface area contributed by atoms with Crippen LogP contribution in [0.15, 0.2) is 60.8 Å². The maximum absolute atomic E-state index is 14.5. The van der Waals surface area contributed by atoms with E-state index in [0.29, 0.717) is 43.0 Å². The van der Waals surface area contributed by atoms with Gasteiger partial charge in [-0.2, -0.15) is 0 Å². The third-order valence-corrected chi connectivity index (χ3v) is 5.43. The molecule has 0 bridgehead atoms. The number of piperazine rings is 1. The number of nitrogens with one attached hydrogen (secondary N) is 1. The molecule has 8 heteroatoms. The van der Waals surface area contributed by atoms with E-state index < -0.39 is 11.6 Å². The Bertz CT molecular complexity index is 1160. The molecule has 4 rings (SSSR count). The van der Waals surface area contributed by atoms with Crippen molar-refractivity contribution in [1.29, 1.82) is 0 Å². The molecule has 32 heavy (non-hydrogen) atoms. The van der Waals surface area contributed by atoms with Gasteiger partial charge in [-0.25, -0.2) is 13.8 Å². The first-order valence-corrected chi connectivity index (χ1v) is 10.3. The SMILES string of the molecule is CC(=O)c1ccc(N2CCN(C(=O)c3cccnc3Nc3ccccc3F)CC2)c(F)c1. The van der Waals surface area contributed by atoms with Gasteiger partial charge in [0.15, 0.2) is 5.78 Å². The van der Waals surface area contributed by atoms with Crippen molar-refractivity contribution in [2.75, 3.05) is 36.4 Å². The number of carbonyl (C=O) groups excluding carboxylic acids is 2. The van der Waals surface area contributed by atoms with Gasteiger partial charge in [0, 0.05) is 37.9 Å². The highest BCUT2D eigenvalue weighted by atomic mass is 19.1. The van der Waals surface area contributed by atoms with Gasteiger partial charge < -0.3 is 15.1 Å². The molecule has 3 aromatic rings. The van der Waals surface area contributed by atoms with Gasteiger partial charge >= 0.3 is 0 Å². The molecule has 1 aliphatic heterocycles. The van der Waals surface area contributed by atoms with Crippen LogP contribution in [0.1, 0.15) is 27.6 Å². The first kappa shape index (κ1) is 21.4. The lowest BCUT2D eigenvalue weighted by atomic mass is 10.1. The lowest BCUT2D eigenvalue weighted by molar-refractivity contribution is 0.0747. The summed E-state index contributed by atoms with van der Waals surface area (Å²) in [7, 11) is 0. The number of aromatic nitrogens is 1. The molecule has 2 heterocycles. The number of pyridine rings is 1. The molecule has 0 aliphatic carbocycles. The number of rotatable bonds is 5. The molecule has 1 aromatic heterocycles. The molecule has 0 unspecified atom stereocenters. The smallest absolute Gasteiger partial charge is 0.257 e. The number of halogens is 2. The predicted octanol–water partition coefficient (Wildman–Crippen LogP) is 4.27. The fourth-order valence-electron chi connectivity index (χ4n) is 3.67. The summed E-state index contributed by atoms with van der Waals surface area (Å²) in [5.41, 5.74) is 1.30. The summed E-state index contributed by atoms with van der Waals surface area (Å²) in [5, 5.41) is 2.90. The van der Waals surface area contributed by atoms with E-state index in [1.54, 1.807) is 47.4 Å². The normalized spacial score (nSPS) is 13.7. The van der Waals surface area contributed by atoms with E-state index in [2.05, 4.69) is 10.3 Å². The van der Waals surface area contributed by atoms with Gasteiger partial charge in [0.05, 0.1) is 16.9 Å². The molecule has 0 radical (unpaired) electrons. The van der Waals surface area contributed by atoms with Crippen LogP contribution in [-0.2, 0) is 0 Å². The summed E-state index contributed by atoms with van der Waals surface area (Å²) in [4.78, 5) is 32.3. The van der Waals surface area contributed by atoms with E-state index in [9.17, 15) is 18.4 Å². The Balaban J connectivity index is 1.46. The Morgan fingerprint density at radius 2 is 1.69 bits per heavy atom. The van der Waals surface area contributed by atoms with Gasteiger partial charge in [-0.15, -0.1) is 0 Å². The second-order valence-corrected chi connectivity index (χ2v) is 7.51. The second-order valence-electron chi connectivity index (χ2n) is 7.51. The minimum absolute atomic E-state index is 0.192. The van der Waals surface area contributed by atoms with Crippen LogP contribution in [0.5, 0.6) is 0 Å². The summed E-state index contributed by atoms with van der Waals surface area (Å²) in [5.74, 6) is -1.05. The van der Waals surface area contributed by atoms with E-state index in [1.165, 1.54) is 25.3 Å². The van der Waals surface area contributed by atoms with E-state index in [4.69, 9.17) is 0 Å². The number of benzene rings is 2. The van der Waals surface area contributed by atoms with Crippen molar-refractivity contribution in [1.82, 2.24) is 9.88 Å². The van der Waals surface area contributed by atoms with E-state index in [0.717, 1.165) is 0 Å². The van der Waals surface area contributed by atoms with Crippen LogP contribution in [0.25, 0.3) is 0 Å². The summed E-state index contributed by atoms with van der Waals surface area (Å²) in [6.07, 6.45) is 1.53. The monoisotopic (exact) mass is 436 g/mol. The Kier molecular flexibility index (Phi) is 6.11. The Labute approximate surface area is 184 Å². The predicted molar refractivity (Wildman–Crippen MR) is 118 cm³/mol. The minimum Gasteiger partial charge on any atom is -0.366 e. The van der Waals surface area contributed by atoms with E-state index in [-0.39, 0.29) is 23.2 Å². The summed E-state index contributed by atoms with van der Waals surface area (Å²) < 4.78 is 28.5. The molecule has 1 fully saturated rings. The van der Waals surface area contributed by atoms with Crippen molar-refractivity contribution in [2.24, 2.45) is 0 Å². The van der Waals surface area contributed by atoms with E-state index in [1.807, 2.05) is 4.90 Å². The zero-order chi connectivity index (χ0) is 22.7. The number of carbonyl (C=O) groups is 2. The molecule has 0 saturated carbocycles. The molecule has 1 amide bonds. The number of hydrogen-bond acceptors (Lipinski definition) is 5. The molecule has 1 aliphatic rings.